The third-order valence-electron chi connectivity index (χ3n) is 6.97. The number of H-pyrrole nitrogens is 2. The van der Waals surface area contributed by atoms with Crippen molar-refractivity contribution in [3.63, 3.8) is 0 Å². The van der Waals surface area contributed by atoms with E-state index in [2.05, 4.69) is 36.8 Å². The third-order valence-corrected chi connectivity index (χ3v) is 6.97. The molecule has 2 heterocycles. The van der Waals surface area contributed by atoms with Gasteiger partial charge < -0.3 is 4.74 Å². The second-order valence-electron chi connectivity index (χ2n) is 8.37. The summed E-state index contributed by atoms with van der Waals surface area (Å²) in [5.74, 6) is 1.43. The van der Waals surface area contributed by atoms with Crippen molar-refractivity contribution < 1.29 is 4.74 Å². The number of hydrogen-bond acceptors (Lipinski definition) is 3. The highest BCUT2D eigenvalue weighted by atomic mass is 16.5. The van der Waals surface area contributed by atoms with Crippen LogP contribution in [0.15, 0.2) is 21.2 Å². The average Bonchev–Trinajstić information content (AvgIpc) is 2.86. The number of aromatic nitrogens is 2. The second kappa shape index (κ2) is 5.11. The van der Waals surface area contributed by atoms with Gasteiger partial charge in [0.05, 0.1) is 5.56 Å². The van der Waals surface area contributed by atoms with Crippen molar-refractivity contribution in [3.05, 3.63) is 38.1 Å². The maximum atomic E-state index is 12.1. The molecular weight excluding hydrogens is 304 g/mol. The zero-order valence-corrected chi connectivity index (χ0v) is 14.7. The van der Waals surface area contributed by atoms with Crippen LogP contribution in [0, 0.1) is 17.3 Å². The van der Waals surface area contributed by atoms with Gasteiger partial charge in [-0.1, -0.05) is 25.5 Å². The highest BCUT2D eigenvalue weighted by Crippen LogP contribution is 2.55. The smallest absolute Gasteiger partial charge is 0.328 e. The van der Waals surface area contributed by atoms with E-state index < -0.39 is 11.3 Å². The Balaban J connectivity index is 1.65. The first kappa shape index (κ1) is 15.7. The lowest BCUT2D eigenvalue weighted by molar-refractivity contribution is -0.00520. The van der Waals surface area contributed by atoms with Crippen molar-refractivity contribution in [2.75, 3.05) is 0 Å². The first-order chi connectivity index (χ1) is 11.3. The Kier molecular flexibility index (Phi) is 3.35. The van der Waals surface area contributed by atoms with E-state index in [9.17, 15) is 9.59 Å². The van der Waals surface area contributed by atoms with E-state index in [1.54, 1.807) is 5.57 Å². The Morgan fingerprint density at radius 2 is 2.00 bits per heavy atom. The van der Waals surface area contributed by atoms with E-state index in [-0.39, 0.29) is 11.0 Å². The summed E-state index contributed by atoms with van der Waals surface area (Å²) in [6.45, 7) is 6.86. The van der Waals surface area contributed by atoms with Crippen LogP contribution in [-0.2, 0) is 6.42 Å². The van der Waals surface area contributed by atoms with Crippen molar-refractivity contribution >= 4 is 0 Å². The second-order valence-corrected chi connectivity index (χ2v) is 8.37. The fourth-order valence-electron chi connectivity index (χ4n) is 5.15. The van der Waals surface area contributed by atoms with Gasteiger partial charge in [0, 0.05) is 6.42 Å². The lowest BCUT2D eigenvalue weighted by atomic mass is 9.56. The van der Waals surface area contributed by atoms with Crippen LogP contribution in [0.4, 0.5) is 0 Å². The molecule has 0 amide bonds. The minimum Gasteiger partial charge on any atom is -0.472 e. The quantitative estimate of drug-likeness (QED) is 0.778. The predicted molar refractivity (Wildman–Crippen MR) is 92.3 cm³/mol. The van der Waals surface area contributed by atoms with Gasteiger partial charge in [0.25, 0.3) is 5.56 Å². The first-order valence-corrected chi connectivity index (χ1v) is 9.06. The van der Waals surface area contributed by atoms with Crippen LogP contribution in [0.2, 0.25) is 0 Å². The highest BCUT2D eigenvalue weighted by Gasteiger charge is 2.50. The summed E-state index contributed by atoms with van der Waals surface area (Å²) in [6.07, 6.45) is 8.76. The Bertz CT molecular complexity index is 821. The minimum absolute atomic E-state index is 0.238. The van der Waals surface area contributed by atoms with Crippen LogP contribution in [-0.4, -0.2) is 15.6 Å². The maximum Gasteiger partial charge on any atom is 0.328 e. The number of hydrogen-bond donors (Lipinski definition) is 2. The molecule has 0 bridgehead atoms. The predicted octanol–water partition coefficient (Wildman–Crippen LogP) is 2.92. The molecule has 0 aromatic carbocycles. The molecule has 2 N–H and O–H groups in total. The fraction of sp³-hybridized carbons (Fsp3) is 0.684. The molecule has 0 unspecified atom stereocenters. The fourth-order valence-corrected chi connectivity index (χ4v) is 5.15. The van der Waals surface area contributed by atoms with Crippen molar-refractivity contribution in [3.8, 4) is 5.88 Å². The summed E-state index contributed by atoms with van der Waals surface area (Å²) in [6, 6.07) is 0. The van der Waals surface area contributed by atoms with Gasteiger partial charge in [-0.2, -0.15) is 0 Å². The largest absolute Gasteiger partial charge is 0.472 e. The summed E-state index contributed by atoms with van der Waals surface area (Å²) < 4.78 is 6.16. The monoisotopic (exact) mass is 330 g/mol. The Morgan fingerprint density at radius 1 is 1.21 bits per heavy atom. The van der Waals surface area contributed by atoms with Crippen LogP contribution in [0.3, 0.4) is 0 Å². The lowest BCUT2D eigenvalue weighted by Gasteiger charge is -2.50. The number of rotatable bonds is 1. The van der Waals surface area contributed by atoms with Crippen LogP contribution in [0.25, 0.3) is 0 Å². The molecular formula is C19H26N2O3. The average molecular weight is 330 g/mol. The summed E-state index contributed by atoms with van der Waals surface area (Å²) in [4.78, 5) is 28.6. The molecule has 130 valence electrons. The van der Waals surface area contributed by atoms with Gasteiger partial charge in [0.15, 0.2) is 0 Å². The Hall–Kier alpha value is -1.78. The maximum absolute atomic E-state index is 12.1. The lowest BCUT2D eigenvalue weighted by Crippen LogP contribution is -2.47. The van der Waals surface area contributed by atoms with Gasteiger partial charge in [0.1, 0.15) is 5.60 Å². The molecule has 4 rings (SSSR count). The van der Waals surface area contributed by atoms with Crippen molar-refractivity contribution in [1.29, 1.82) is 0 Å². The molecule has 4 atom stereocenters. The van der Waals surface area contributed by atoms with E-state index in [0.29, 0.717) is 29.7 Å². The highest BCUT2D eigenvalue weighted by molar-refractivity contribution is 5.32. The van der Waals surface area contributed by atoms with Crippen LogP contribution in [0.5, 0.6) is 5.88 Å². The van der Waals surface area contributed by atoms with Gasteiger partial charge in [-0.15, -0.1) is 0 Å². The van der Waals surface area contributed by atoms with Gasteiger partial charge in [-0.05, 0) is 56.3 Å². The zero-order chi connectivity index (χ0) is 17.1. The number of aromatic amines is 2. The molecule has 1 aliphatic heterocycles. The molecule has 0 spiro atoms. The summed E-state index contributed by atoms with van der Waals surface area (Å²) in [5, 5.41) is 0. The topological polar surface area (TPSA) is 75.0 Å². The molecule has 24 heavy (non-hydrogen) atoms. The summed E-state index contributed by atoms with van der Waals surface area (Å²) in [7, 11) is 0. The molecule has 3 aliphatic rings. The van der Waals surface area contributed by atoms with Crippen molar-refractivity contribution in [2.24, 2.45) is 17.3 Å². The Labute approximate surface area is 141 Å². The normalized spacial score (nSPS) is 38.0. The van der Waals surface area contributed by atoms with Gasteiger partial charge in [-0.25, -0.2) is 4.79 Å². The number of ether oxygens (including phenoxy) is 1. The molecule has 1 saturated carbocycles. The van der Waals surface area contributed by atoms with Crippen LogP contribution in [0.1, 0.15) is 58.4 Å². The van der Waals surface area contributed by atoms with Crippen LogP contribution < -0.4 is 16.0 Å². The first-order valence-electron chi connectivity index (χ1n) is 9.06. The molecule has 0 saturated heterocycles. The van der Waals surface area contributed by atoms with E-state index in [0.717, 1.165) is 19.3 Å². The summed E-state index contributed by atoms with van der Waals surface area (Å²) >= 11 is 0. The molecule has 1 aromatic rings. The molecule has 5 nitrogen and oxygen atoms in total. The van der Waals surface area contributed by atoms with Gasteiger partial charge >= 0.3 is 5.69 Å². The SMILES string of the molecule is C[C@@H]1CCC=C2CC[C@@H]([C@]3(C)Cc4c([nH]c(=O)[nH]c4=O)O3)C[C@]21C. The zero-order valence-electron chi connectivity index (χ0n) is 14.7. The van der Waals surface area contributed by atoms with E-state index in [4.69, 9.17) is 4.74 Å². The number of allylic oxidation sites excluding steroid dienone is 2. The van der Waals surface area contributed by atoms with E-state index in [1.807, 2.05) is 0 Å². The van der Waals surface area contributed by atoms with Crippen molar-refractivity contribution in [2.45, 2.75) is 64.9 Å². The standard InChI is InChI=1S/C19H26N2O3/c1-11-5-4-6-12-7-8-13(9-18(11,12)2)19(3)10-14-15(22)20-17(23)21-16(14)24-19/h6,11,13H,4-5,7-10H2,1-3H3,(H2,20,21,22,23)/t11-,13-,18+,19+/m1/s1. The number of nitrogens with one attached hydrogen (secondary N) is 2. The molecule has 2 aliphatic carbocycles. The minimum atomic E-state index is -0.496. The molecule has 0 radical (unpaired) electrons. The van der Waals surface area contributed by atoms with E-state index in [1.165, 1.54) is 12.8 Å². The summed E-state index contributed by atoms with van der Waals surface area (Å²) in [5.41, 5.74) is 1.21. The van der Waals surface area contributed by atoms with Gasteiger partial charge in [-0.3, -0.25) is 14.8 Å². The Morgan fingerprint density at radius 3 is 2.79 bits per heavy atom. The van der Waals surface area contributed by atoms with E-state index >= 15 is 0 Å². The van der Waals surface area contributed by atoms with Crippen LogP contribution >= 0.6 is 0 Å². The molecule has 1 fully saturated rings. The molecule has 1 aromatic heterocycles. The third kappa shape index (κ3) is 2.20. The molecule has 5 heteroatoms. The van der Waals surface area contributed by atoms with Gasteiger partial charge in [0.2, 0.25) is 5.88 Å². The number of fused-ring (bicyclic) bond motifs is 2. The van der Waals surface area contributed by atoms with Crippen molar-refractivity contribution in [1.82, 2.24) is 9.97 Å².